The number of methoxy groups -OCH3 is 1. The second-order valence-electron chi connectivity index (χ2n) is 7.71. The number of halogens is 1. The van der Waals surface area contributed by atoms with Crippen molar-refractivity contribution in [3.05, 3.63) is 28.4 Å². The molecule has 1 aromatic carbocycles. The van der Waals surface area contributed by atoms with Gasteiger partial charge in [-0.25, -0.2) is 0 Å². The van der Waals surface area contributed by atoms with E-state index in [-0.39, 0.29) is 16.5 Å². The average molecular weight is 392 g/mol. The number of H-pyrrole nitrogens is 1. The third kappa shape index (κ3) is 3.79. The topological polar surface area (TPSA) is 81.6 Å². The quantitative estimate of drug-likeness (QED) is 0.740. The van der Waals surface area contributed by atoms with Gasteiger partial charge in [0, 0.05) is 50.4 Å². The van der Waals surface area contributed by atoms with Crippen molar-refractivity contribution in [1.29, 1.82) is 0 Å². The molecule has 0 saturated heterocycles. The standard InChI is InChI=1S/C20H26ClN3O3/c1-27-13-4-2-12(3-5-13)10-24-7-6-17-15(11-24)20(23-22-17)14-8-16(21)19(26)9-18(14)25/h8-9,12-13,25-26H,2-7,10-11H2,1H3,(H,22,23)/t12-,13-. The van der Waals surface area contributed by atoms with Crippen LogP contribution in [0.3, 0.4) is 0 Å². The van der Waals surface area contributed by atoms with Crippen LogP contribution in [0, 0.1) is 5.92 Å². The number of ether oxygens (including phenoxy) is 1. The summed E-state index contributed by atoms with van der Waals surface area (Å²) in [6.07, 6.45) is 6.06. The van der Waals surface area contributed by atoms with Gasteiger partial charge >= 0.3 is 0 Å². The van der Waals surface area contributed by atoms with Crippen LogP contribution in [0.5, 0.6) is 11.5 Å². The van der Waals surface area contributed by atoms with Crippen LogP contribution in [-0.4, -0.2) is 51.6 Å². The van der Waals surface area contributed by atoms with Gasteiger partial charge in [-0.3, -0.25) is 10.00 Å². The van der Waals surface area contributed by atoms with E-state index in [1.807, 2.05) is 7.11 Å². The van der Waals surface area contributed by atoms with Gasteiger partial charge in [-0.1, -0.05) is 11.6 Å². The monoisotopic (exact) mass is 391 g/mol. The lowest BCUT2D eigenvalue weighted by molar-refractivity contribution is 0.0486. The molecule has 1 aliphatic heterocycles. The highest BCUT2D eigenvalue weighted by Gasteiger charge is 2.28. The van der Waals surface area contributed by atoms with Gasteiger partial charge in [-0.2, -0.15) is 5.10 Å². The molecule has 4 rings (SSSR count). The number of benzene rings is 1. The molecule has 0 unspecified atom stereocenters. The first-order valence-electron chi connectivity index (χ1n) is 9.58. The Morgan fingerprint density at radius 2 is 2.00 bits per heavy atom. The second kappa shape index (κ2) is 7.70. The van der Waals surface area contributed by atoms with Gasteiger partial charge in [0.2, 0.25) is 0 Å². The van der Waals surface area contributed by atoms with Crippen LogP contribution in [0.2, 0.25) is 5.02 Å². The molecule has 3 N–H and O–H groups in total. The first-order chi connectivity index (χ1) is 13.0. The molecule has 146 valence electrons. The summed E-state index contributed by atoms with van der Waals surface area (Å²) < 4.78 is 5.48. The van der Waals surface area contributed by atoms with Gasteiger partial charge in [0.15, 0.2) is 0 Å². The van der Waals surface area contributed by atoms with E-state index < -0.39 is 0 Å². The van der Waals surface area contributed by atoms with Gasteiger partial charge in [0.25, 0.3) is 0 Å². The lowest BCUT2D eigenvalue weighted by Gasteiger charge is -2.34. The van der Waals surface area contributed by atoms with Crippen LogP contribution >= 0.6 is 11.6 Å². The lowest BCUT2D eigenvalue weighted by atomic mass is 9.86. The van der Waals surface area contributed by atoms with E-state index in [1.54, 1.807) is 6.07 Å². The number of aromatic hydroxyl groups is 2. The fourth-order valence-corrected chi connectivity index (χ4v) is 4.56. The Balaban J connectivity index is 1.50. The van der Waals surface area contributed by atoms with Crippen LogP contribution in [0.15, 0.2) is 12.1 Å². The number of aromatic nitrogens is 2. The van der Waals surface area contributed by atoms with Crippen molar-refractivity contribution < 1.29 is 14.9 Å². The second-order valence-corrected chi connectivity index (χ2v) is 8.12. The zero-order valence-corrected chi connectivity index (χ0v) is 16.3. The lowest BCUT2D eigenvalue weighted by Crippen LogP contribution is -2.36. The third-order valence-electron chi connectivity index (χ3n) is 5.98. The van der Waals surface area contributed by atoms with Crippen molar-refractivity contribution in [3.8, 4) is 22.8 Å². The molecular weight excluding hydrogens is 366 g/mol. The van der Waals surface area contributed by atoms with Crippen LogP contribution < -0.4 is 0 Å². The molecule has 0 atom stereocenters. The van der Waals surface area contributed by atoms with E-state index in [2.05, 4.69) is 15.1 Å². The Morgan fingerprint density at radius 3 is 2.74 bits per heavy atom. The van der Waals surface area contributed by atoms with Crippen molar-refractivity contribution in [2.24, 2.45) is 5.92 Å². The number of hydrogen-bond donors (Lipinski definition) is 3. The van der Waals surface area contributed by atoms with E-state index >= 15 is 0 Å². The summed E-state index contributed by atoms with van der Waals surface area (Å²) >= 11 is 6.05. The van der Waals surface area contributed by atoms with Crippen LogP contribution in [0.1, 0.15) is 36.9 Å². The molecule has 0 spiro atoms. The molecule has 27 heavy (non-hydrogen) atoms. The normalized spacial score (nSPS) is 23.3. The predicted octanol–water partition coefficient (Wildman–Crippen LogP) is 3.70. The minimum atomic E-state index is -0.125. The number of aromatic amines is 1. The molecule has 1 fully saturated rings. The van der Waals surface area contributed by atoms with Crippen LogP contribution in [0.25, 0.3) is 11.3 Å². The van der Waals surface area contributed by atoms with E-state index in [9.17, 15) is 10.2 Å². The van der Waals surface area contributed by atoms with Crippen molar-refractivity contribution in [3.63, 3.8) is 0 Å². The molecule has 2 heterocycles. The van der Waals surface area contributed by atoms with Gasteiger partial charge in [0.05, 0.1) is 22.5 Å². The highest BCUT2D eigenvalue weighted by Crippen LogP contribution is 2.39. The minimum Gasteiger partial charge on any atom is -0.507 e. The Kier molecular flexibility index (Phi) is 5.30. The number of phenols is 2. The SMILES string of the molecule is CO[C@H]1CC[C@H](CN2CCc3n[nH]c(-c4cc(Cl)c(O)cc4O)c3C2)CC1. The first-order valence-corrected chi connectivity index (χ1v) is 9.96. The molecule has 7 heteroatoms. The van der Waals surface area contributed by atoms with Gasteiger partial charge in [-0.05, 0) is 37.7 Å². The molecule has 6 nitrogen and oxygen atoms in total. The Labute approximate surface area is 164 Å². The summed E-state index contributed by atoms with van der Waals surface area (Å²) in [6, 6.07) is 2.87. The van der Waals surface area contributed by atoms with Crippen LogP contribution in [0.4, 0.5) is 0 Å². The summed E-state index contributed by atoms with van der Waals surface area (Å²) in [4.78, 5) is 2.48. The largest absolute Gasteiger partial charge is 0.507 e. The van der Waals surface area contributed by atoms with Crippen molar-refractivity contribution in [2.45, 2.75) is 44.8 Å². The molecule has 2 aliphatic rings. The van der Waals surface area contributed by atoms with Crippen molar-refractivity contribution in [1.82, 2.24) is 15.1 Å². The maximum absolute atomic E-state index is 10.3. The number of nitrogens with one attached hydrogen (secondary N) is 1. The zero-order valence-electron chi connectivity index (χ0n) is 15.5. The summed E-state index contributed by atoms with van der Waals surface area (Å²) in [5.41, 5.74) is 3.53. The predicted molar refractivity (Wildman–Crippen MR) is 104 cm³/mol. The van der Waals surface area contributed by atoms with Gasteiger partial charge in [0.1, 0.15) is 11.5 Å². The highest BCUT2D eigenvalue weighted by atomic mass is 35.5. The number of nitrogens with zero attached hydrogens (tertiary/aromatic N) is 2. The van der Waals surface area contributed by atoms with E-state index in [0.717, 1.165) is 55.8 Å². The molecule has 1 saturated carbocycles. The minimum absolute atomic E-state index is 0.00152. The fraction of sp³-hybridized carbons (Fsp3) is 0.550. The number of rotatable bonds is 4. The maximum Gasteiger partial charge on any atom is 0.137 e. The molecular formula is C20H26ClN3O3. The molecule has 1 aliphatic carbocycles. The van der Waals surface area contributed by atoms with Crippen molar-refractivity contribution >= 4 is 11.6 Å². The summed E-state index contributed by atoms with van der Waals surface area (Å²) in [7, 11) is 1.81. The molecule has 2 aromatic rings. The molecule has 0 amide bonds. The Hall–Kier alpha value is -1.76. The highest BCUT2D eigenvalue weighted by molar-refractivity contribution is 6.32. The van der Waals surface area contributed by atoms with Crippen LogP contribution in [-0.2, 0) is 17.7 Å². The summed E-state index contributed by atoms with van der Waals surface area (Å²) in [5, 5.41) is 27.7. The molecule has 1 aromatic heterocycles. The Bertz CT molecular complexity index is 815. The van der Waals surface area contributed by atoms with E-state index in [1.165, 1.54) is 18.9 Å². The molecule has 0 bridgehead atoms. The first kappa shape index (κ1) is 18.6. The summed E-state index contributed by atoms with van der Waals surface area (Å²) in [6.45, 7) is 2.90. The average Bonchev–Trinajstić information content (AvgIpc) is 3.08. The van der Waals surface area contributed by atoms with Gasteiger partial charge < -0.3 is 14.9 Å². The van der Waals surface area contributed by atoms with Crippen molar-refractivity contribution in [2.75, 3.05) is 20.2 Å². The number of fused-ring (bicyclic) bond motifs is 1. The van der Waals surface area contributed by atoms with E-state index in [4.69, 9.17) is 16.3 Å². The number of hydrogen-bond acceptors (Lipinski definition) is 5. The number of phenolic OH excluding ortho intramolecular Hbond substituents is 2. The summed E-state index contributed by atoms with van der Waals surface area (Å²) in [5.74, 6) is 0.586. The smallest absolute Gasteiger partial charge is 0.137 e. The fourth-order valence-electron chi connectivity index (χ4n) is 4.39. The van der Waals surface area contributed by atoms with Gasteiger partial charge in [-0.15, -0.1) is 0 Å². The maximum atomic E-state index is 10.3. The Morgan fingerprint density at radius 1 is 1.22 bits per heavy atom. The molecule has 0 radical (unpaired) electrons. The zero-order chi connectivity index (χ0) is 19.0. The van der Waals surface area contributed by atoms with E-state index in [0.29, 0.717) is 17.6 Å². The third-order valence-corrected chi connectivity index (χ3v) is 6.28.